The van der Waals surface area contributed by atoms with Crippen LogP contribution in [-0.4, -0.2) is 4.57 Å². The fraction of sp³-hybridized carbons (Fsp3) is 0.538. The Kier molecular flexibility index (Phi) is 2.76. The first-order valence-electron chi connectivity index (χ1n) is 5.58. The van der Waals surface area contributed by atoms with Crippen molar-refractivity contribution in [2.45, 2.75) is 46.1 Å². The average molecular weight is 189 g/mol. The van der Waals surface area contributed by atoms with E-state index in [2.05, 4.69) is 36.6 Å². The summed E-state index contributed by atoms with van der Waals surface area (Å²) in [5.41, 5.74) is 4.39. The molecular formula is C13H19N. The van der Waals surface area contributed by atoms with Gasteiger partial charge >= 0.3 is 0 Å². The SMILES string of the molecule is Cc1ccc(C)n1CC1=CCCCC1. The Morgan fingerprint density at radius 1 is 1.14 bits per heavy atom. The summed E-state index contributed by atoms with van der Waals surface area (Å²) >= 11 is 0. The highest BCUT2D eigenvalue weighted by Crippen LogP contribution is 2.20. The van der Waals surface area contributed by atoms with Crippen LogP contribution in [0.4, 0.5) is 0 Å². The van der Waals surface area contributed by atoms with Crippen LogP contribution in [0.15, 0.2) is 23.8 Å². The number of allylic oxidation sites excluding steroid dienone is 2. The van der Waals surface area contributed by atoms with Crippen LogP contribution in [0.1, 0.15) is 37.1 Å². The van der Waals surface area contributed by atoms with Crippen molar-refractivity contribution in [2.24, 2.45) is 0 Å². The van der Waals surface area contributed by atoms with Crippen molar-refractivity contribution in [3.05, 3.63) is 35.2 Å². The molecule has 0 bridgehead atoms. The van der Waals surface area contributed by atoms with Gasteiger partial charge in [0, 0.05) is 17.9 Å². The summed E-state index contributed by atoms with van der Waals surface area (Å²) in [5, 5.41) is 0. The highest BCUT2D eigenvalue weighted by atomic mass is 15.0. The van der Waals surface area contributed by atoms with Crippen molar-refractivity contribution in [2.75, 3.05) is 0 Å². The maximum atomic E-state index is 2.43. The predicted octanol–water partition coefficient (Wildman–Crippen LogP) is 3.61. The van der Waals surface area contributed by atoms with E-state index in [9.17, 15) is 0 Å². The molecule has 0 aliphatic heterocycles. The molecule has 1 aliphatic rings. The highest BCUT2D eigenvalue weighted by molar-refractivity contribution is 5.17. The van der Waals surface area contributed by atoms with E-state index in [0.717, 1.165) is 6.54 Å². The lowest BCUT2D eigenvalue weighted by molar-refractivity contribution is 0.633. The van der Waals surface area contributed by atoms with Gasteiger partial charge in [0.2, 0.25) is 0 Å². The zero-order valence-electron chi connectivity index (χ0n) is 9.21. The molecule has 1 heteroatoms. The summed E-state index contributed by atoms with van der Waals surface area (Å²) in [4.78, 5) is 0. The Balaban J connectivity index is 2.13. The zero-order chi connectivity index (χ0) is 9.97. The average Bonchev–Trinajstić information content (AvgIpc) is 2.51. The molecule has 1 nitrogen and oxygen atoms in total. The van der Waals surface area contributed by atoms with Crippen molar-refractivity contribution >= 4 is 0 Å². The molecule has 14 heavy (non-hydrogen) atoms. The fourth-order valence-electron chi connectivity index (χ4n) is 2.20. The Labute approximate surface area is 86.4 Å². The second-order valence-electron chi connectivity index (χ2n) is 4.31. The molecule has 0 saturated carbocycles. The minimum atomic E-state index is 1.12. The standard InChI is InChI=1S/C13H19N/c1-11-8-9-12(2)14(11)10-13-6-4-3-5-7-13/h6,8-9H,3-5,7,10H2,1-2H3. The number of hydrogen-bond acceptors (Lipinski definition) is 0. The first-order chi connectivity index (χ1) is 6.77. The van der Waals surface area contributed by atoms with Gasteiger partial charge < -0.3 is 4.57 Å². The lowest BCUT2D eigenvalue weighted by Gasteiger charge is -2.16. The van der Waals surface area contributed by atoms with Gasteiger partial charge in [-0.1, -0.05) is 11.6 Å². The molecule has 1 aromatic rings. The molecule has 0 fully saturated rings. The number of hydrogen-bond donors (Lipinski definition) is 0. The van der Waals surface area contributed by atoms with Crippen LogP contribution in [0.3, 0.4) is 0 Å². The monoisotopic (exact) mass is 189 g/mol. The van der Waals surface area contributed by atoms with Gasteiger partial charge in [-0.3, -0.25) is 0 Å². The largest absolute Gasteiger partial charge is 0.345 e. The van der Waals surface area contributed by atoms with Gasteiger partial charge in [0.25, 0.3) is 0 Å². The van der Waals surface area contributed by atoms with Gasteiger partial charge in [-0.25, -0.2) is 0 Å². The summed E-state index contributed by atoms with van der Waals surface area (Å²) in [5.74, 6) is 0. The molecular weight excluding hydrogens is 170 g/mol. The molecule has 0 saturated heterocycles. The van der Waals surface area contributed by atoms with Crippen molar-refractivity contribution in [3.63, 3.8) is 0 Å². The Morgan fingerprint density at radius 2 is 1.86 bits per heavy atom. The lowest BCUT2D eigenvalue weighted by atomic mass is 9.99. The highest BCUT2D eigenvalue weighted by Gasteiger charge is 2.06. The second kappa shape index (κ2) is 4.04. The lowest BCUT2D eigenvalue weighted by Crippen LogP contribution is -2.06. The number of nitrogens with zero attached hydrogens (tertiary/aromatic N) is 1. The maximum Gasteiger partial charge on any atom is 0.0434 e. The Hall–Kier alpha value is -0.980. The molecule has 76 valence electrons. The van der Waals surface area contributed by atoms with Gasteiger partial charge in [0.1, 0.15) is 0 Å². The summed E-state index contributed by atoms with van der Waals surface area (Å²) in [6.07, 6.45) is 7.78. The molecule has 0 N–H and O–H groups in total. The van der Waals surface area contributed by atoms with Gasteiger partial charge in [-0.15, -0.1) is 0 Å². The molecule has 0 radical (unpaired) electrons. The second-order valence-corrected chi connectivity index (χ2v) is 4.31. The van der Waals surface area contributed by atoms with Crippen molar-refractivity contribution in [3.8, 4) is 0 Å². The third-order valence-electron chi connectivity index (χ3n) is 3.16. The van der Waals surface area contributed by atoms with E-state index in [1.165, 1.54) is 37.1 Å². The third-order valence-corrected chi connectivity index (χ3v) is 3.16. The Morgan fingerprint density at radius 3 is 2.43 bits per heavy atom. The summed E-state index contributed by atoms with van der Waals surface area (Å²) in [6.45, 7) is 5.50. The van der Waals surface area contributed by atoms with Gasteiger partial charge in [0.15, 0.2) is 0 Å². The van der Waals surface area contributed by atoms with E-state index >= 15 is 0 Å². The van der Waals surface area contributed by atoms with E-state index in [4.69, 9.17) is 0 Å². The van der Waals surface area contributed by atoms with Crippen molar-refractivity contribution in [1.82, 2.24) is 4.57 Å². The van der Waals surface area contributed by atoms with E-state index < -0.39 is 0 Å². The summed E-state index contributed by atoms with van der Waals surface area (Å²) in [6, 6.07) is 4.41. The van der Waals surface area contributed by atoms with Gasteiger partial charge in [-0.2, -0.15) is 0 Å². The van der Waals surface area contributed by atoms with Crippen LogP contribution >= 0.6 is 0 Å². The minimum absolute atomic E-state index is 1.12. The van der Waals surface area contributed by atoms with Crippen LogP contribution in [0.2, 0.25) is 0 Å². The van der Waals surface area contributed by atoms with Gasteiger partial charge in [-0.05, 0) is 51.7 Å². The summed E-state index contributed by atoms with van der Waals surface area (Å²) in [7, 11) is 0. The number of aromatic nitrogens is 1. The van der Waals surface area contributed by atoms with Gasteiger partial charge in [0.05, 0.1) is 0 Å². The quantitative estimate of drug-likeness (QED) is 0.626. The predicted molar refractivity (Wildman–Crippen MR) is 60.5 cm³/mol. The van der Waals surface area contributed by atoms with Crippen molar-refractivity contribution < 1.29 is 0 Å². The fourth-order valence-corrected chi connectivity index (χ4v) is 2.20. The van der Waals surface area contributed by atoms with Crippen LogP contribution in [-0.2, 0) is 6.54 Å². The molecule has 2 rings (SSSR count). The third kappa shape index (κ3) is 1.92. The maximum absolute atomic E-state index is 2.43. The first-order valence-corrected chi connectivity index (χ1v) is 5.58. The number of rotatable bonds is 2. The van der Waals surface area contributed by atoms with E-state index in [-0.39, 0.29) is 0 Å². The van der Waals surface area contributed by atoms with E-state index in [0.29, 0.717) is 0 Å². The van der Waals surface area contributed by atoms with Crippen LogP contribution in [0.25, 0.3) is 0 Å². The normalized spacial score (nSPS) is 16.9. The molecule has 0 spiro atoms. The molecule has 0 aromatic carbocycles. The molecule has 1 aromatic heterocycles. The molecule has 0 atom stereocenters. The van der Waals surface area contributed by atoms with E-state index in [1.807, 2.05) is 0 Å². The minimum Gasteiger partial charge on any atom is -0.345 e. The van der Waals surface area contributed by atoms with Crippen molar-refractivity contribution in [1.29, 1.82) is 0 Å². The first kappa shape index (κ1) is 9.57. The molecule has 0 unspecified atom stereocenters. The van der Waals surface area contributed by atoms with Crippen LogP contribution in [0, 0.1) is 13.8 Å². The summed E-state index contributed by atoms with van der Waals surface area (Å²) < 4.78 is 2.41. The molecule has 1 heterocycles. The van der Waals surface area contributed by atoms with E-state index in [1.54, 1.807) is 5.57 Å². The topological polar surface area (TPSA) is 4.93 Å². The number of aryl methyl sites for hydroxylation is 2. The zero-order valence-corrected chi connectivity index (χ0v) is 9.21. The molecule has 0 amide bonds. The van der Waals surface area contributed by atoms with Crippen LogP contribution < -0.4 is 0 Å². The smallest absolute Gasteiger partial charge is 0.0434 e. The van der Waals surface area contributed by atoms with Crippen LogP contribution in [0.5, 0.6) is 0 Å². The Bertz CT molecular complexity index is 325. The molecule has 1 aliphatic carbocycles.